The standard InChI is InChI=1S/C21H25F2NO3/c1-26-21-12-15(3-6-19(21)23)2-4-16-13-17(22)5-7-20(16)27-11-10-24-9-8-18(25)14-24/h3,5-7,12-13,18,25H,2,4,8-11,14H2,1H3. The highest BCUT2D eigenvalue weighted by molar-refractivity contribution is 5.36. The van der Waals surface area contributed by atoms with Crippen LogP contribution in [0.1, 0.15) is 17.5 Å². The molecule has 1 atom stereocenters. The van der Waals surface area contributed by atoms with Gasteiger partial charge in [-0.25, -0.2) is 8.78 Å². The van der Waals surface area contributed by atoms with E-state index in [4.69, 9.17) is 9.47 Å². The molecule has 1 heterocycles. The monoisotopic (exact) mass is 377 g/mol. The number of aryl methyl sites for hydroxylation is 2. The van der Waals surface area contributed by atoms with Crippen LogP contribution in [0.15, 0.2) is 36.4 Å². The molecule has 27 heavy (non-hydrogen) atoms. The number of likely N-dealkylation sites (tertiary alicyclic amines) is 1. The van der Waals surface area contributed by atoms with Crippen molar-refractivity contribution in [2.45, 2.75) is 25.4 Å². The molecule has 0 bridgehead atoms. The summed E-state index contributed by atoms with van der Waals surface area (Å²) in [5, 5.41) is 9.57. The topological polar surface area (TPSA) is 41.9 Å². The van der Waals surface area contributed by atoms with Crippen molar-refractivity contribution in [2.24, 2.45) is 0 Å². The van der Waals surface area contributed by atoms with E-state index in [0.29, 0.717) is 31.7 Å². The van der Waals surface area contributed by atoms with E-state index in [2.05, 4.69) is 4.90 Å². The summed E-state index contributed by atoms with van der Waals surface area (Å²) in [6, 6.07) is 9.26. The fraction of sp³-hybridized carbons (Fsp3) is 0.429. The van der Waals surface area contributed by atoms with Crippen LogP contribution in [0.3, 0.4) is 0 Å². The minimum atomic E-state index is -0.400. The average molecular weight is 377 g/mol. The lowest BCUT2D eigenvalue weighted by molar-refractivity contribution is 0.167. The molecule has 0 amide bonds. The van der Waals surface area contributed by atoms with E-state index >= 15 is 0 Å². The van der Waals surface area contributed by atoms with Crippen molar-refractivity contribution in [3.8, 4) is 11.5 Å². The maximum Gasteiger partial charge on any atom is 0.165 e. The maximum atomic E-state index is 13.7. The zero-order chi connectivity index (χ0) is 19.2. The predicted molar refractivity (Wildman–Crippen MR) is 99.3 cm³/mol. The van der Waals surface area contributed by atoms with Gasteiger partial charge in [-0.15, -0.1) is 0 Å². The van der Waals surface area contributed by atoms with E-state index < -0.39 is 5.82 Å². The second kappa shape index (κ2) is 9.15. The van der Waals surface area contributed by atoms with Gasteiger partial charge in [0.05, 0.1) is 13.2 Å². The largest absolute Gasteiger partial charge is 0.494 e. The summed E-state index contributed by atoms with van der Waals surface area (Å²) in [7, 11) is 1.43. The van der Waals surface area contributed by atoms with Crippen LogP contribution in [-0.2, 0) is 12.8 Å². The Bertz CT molecular complexity index is 769. The van der Waals surface area contributed by atoms with Crippen LogP contribution in [0, 0.1) is 11.6 Å². The molecular formula is C21H25F2NO3. The molecule has 0 aromatic heterocycles. The van der Waals surface area contributed by atoms with Gasteiger partial charge in [-0.1, -0.05) is 6.07 Å². The van der Waals surface area contributed by atoms with E-state index in [9.17, 15) is 13.9 Å². The summed E-state index contributed by atoms with van der Waals surface area (Å²) < 4.78 is 38.1. The van der Waals surface area contributed by atoms with E-state index in [0.717, 1.165) is 30.6 Å². The van der Waals surface area contributed by atoms with Crippen molar-refractivity contribution in [1.29, 1.82) is 0 Å². The molecule has 1 N–H and O–H groups in total. The van der Waals surface area contributed by atoms with Gasteiger partial charge < -0.3 is 14.6 Å². The first-order valence-corrected chi connectivity index (χ1v) is 9.19. The van der Waals surface area contributed by atoms with Crippen LogP contribution < -0.4 is 9.47 Å². The third kappa shape index (κ3) is 5.40. The summed E-state index contributed by atoms with van der Waals surface area (Å²) >= 11 is 0. The van der Waals surface area contributed by atoms with Gasteiger partial charge in [0, 0.05) is 19.6 Å². The summed E-state index contributed by atoms with van der Waals surface area (Å²) in [5.74, 6) is 0.154. The smallest absolute Gasteiger partial charge is 0.165 e. The average Bonchev–Trinajstić information content (AvgIpc) is 3.07. The number of hydrogen-bond donors (Lipinski definition) is 1. The molecule has 1 aliphatic rings. The molecule has 0 radical (unpaired) electrons. The highest BCUT2D eigenvalue weighted by Gasteiger charge is 2.19. The van der Waals surface area contributed by atoms with Crippen molar-refractivity contribution < 1.29 is 23.4 Å². The lowest BCUT2D eigenvalue weighted by Crippen LogP contribution is -2.27. The number of ether oxygens (including phenoxy) is 2. The van der Waals surface area contributed by atoms with Crippen LogP contribution >= 0.6 is 0 Å². The number of methoxy groups -OCH3 is 1. The normalized spacial score (nSPS) is 17.3. The van der Waals surface area contributed by atoms with Crippen LogP contribution in [0.4, 0.5) is 8.78 Å². The molecule has 0 spiro atoms. The molecule has 2 aromatic carbocycles. The second-order valence-electron chi connectivity index (χ2n) is 6.81. The van der Waals surface area contributed by atoms with Crippen molar-refractivity contribution in [2.75, 3.05) is 33.4 Å². The zero-order valence-electron chi connectivity index (χ0n) is 15.5. The van der Waals surface area contributed by atoms with Gasteiger partial charge in [-0.2, -0.15) is 0 Å². The minimum absolute atomic E-state index is 0.205. The summed E-state index contributed by atoms with van der Waals surface area (Å²) in [6.45, 7) is 2.75. The number of β-amino-alcohol motifs (C(OH)–C–C–N with tert-alkyl or cyclic N) is 1. The molecule has 1 fully saturated rings. The lowest BCUT2D eigenvalue weighted by atomic mass is 10.0. The first kappa shape index (κ1) is 19.6. The quantitative estimate of drug-likeness (QED) is 0.767. The van der Waals surface area contributed by atoms with Gasteiger partial charge in [0.25, 0.3) is 0 Å². The second-order valence-corrected chi connectivity index (χ2v) is 6.81. The van der Waals surface area contributed by atoms with Crippen molar-refractivity contribution in [3.05, 3.63) is 59.2 Å². The van der Waals surface area contributed by atoms with Crippen molar-refractivity contribution in [1.82, 2.24) is 4.90 Å². The minimum Gasteiger partial charge on any atom is -0.494 e. The SMILES string of the molecule is COc1cc(CCc2cc(F)ccc2OCCN2CCC(O)C2)ccc1F. The molecule has 146 valence electrons. The Morgan fingerprint density at radius 1 is 1.11 bits per heavy atom. The van der Waals surface area contributed by atoms with Gasteiger partial charge in [0.1, 0.15) is 18.2 Å². The fourth-order valence-electron chi connectivity index (χ4n) is 3.32. The Morgan fingerprint density at radius 3 is 2.70 bits per heavy atom. The molecule has 0 saturated carbocycles. The number of aliphatic hydroxyl groups is 1. The lowest BCUT2D eigenvalue weighted by Gasteiger charge is -2.17. The third-order valence-electron chi connectivity index (χ3n) is 4.83. The molecule has 0 aliphatic carbocycles. The van der Waals surface area contributed by atoms with Crippen molar-refractivity contribution in [3.63, 3.8) is 0 Å². The molecular weight excluding hydrogens is 352 g/mol. The summed E-state index contributed by atoms with van der Waals surface area (Å²) in [6.07, 6.45) is 1.74. The van der Waals surface area contributed by atoms with Crippen LogP contribution in [0.5, 0.6) is 11.5 Å². The molecule has 3 rings (SSSR count). The summed E-state index contributed by atoms with van der Waals surface area (Å²) in [5.41, 5.74) is 1.69. The molecule has 1 unspecified atom stereocenters. The van der Waals surface area contributed by atoms with Crippen LogP contribution in [-0.4, -0.2) is 49.5 Å². The molecule has 1 aliphatic heterocycles. The molecule has 4 nitrogen and oxygen atoms in total. The highest BCUT2D eigenvalue weighted by atomic mass is 19.1. The Kier molecular flexibility index (Phi) is 6.63. The fourth-order valence-corrected chi connectivity index (χ4v) is 3.32. The van der Waals surface area contributed by atoms with Gasteiger partial charge in [-0.3, -0.25) is 4.90 Å². The molecule has 6 heteroatoms. The third-order valence-corrected chi connectivity index (χ3v) is 4.83. The number of aliphatic hydroxyl groups excluding tert-OH is 1. The van der Waals surface area contributed by atoms with Gasteiger partial charge in [0.2, 0.25) is 0 Å². The Morgan fingerprint density at radius 2 is 1.96 bits per heavy atom. The van der Waals surface area contributed by atoms with E-state index in [1.165, 1.54) is 25.3 Å². The van der Waals surface area contributed by atoms with E-state index in [1.807, 2.05) is 0 Å². The van der Waals surface area contributed by atoms with Gasteiger partial charge in [-0.05, 0) is 60.7 Å². The number of hydrogen-bond acceptors (Lipinski definition) is 4. The molecule has 2 aromatic rings. The number of nitrogens with zero attached hydrogens (tertiary/aromatic N) is 1. The molecule has 1 saturated heterocycles. The Hall–Kier alpha value is -2.18. The van der Waals surface area contributed by atoms with Crippen LogP contribution in [0.25, 0.3) is 0 Å². The Balaban J connectivity index is 1.60. The van der Waals surface area contributed by atoms with E-state index in [-0.39, 0.29) is 17.7 Å². The first-order valence-electron chi connectivity index (χ1n) is 9.19. The maximum absolute atomic E-state index is 13.7. The first-order chi connectivity index (χ1) is 13.0. The number of halogens is 2. The van der Waals surface area contributed by atoms with Gasteiger partial charge >= 0.3 is 0 Å². The number of rotatable bonds is 8. The van der Waals surface area contributed by atoms with Gasteiger partial charge in [0.15, 0.2) is 11.6 Å². The Labute approximate surface area is 158 Å². The predicted octanol–water partition coefficient (Wildman–Crippen LogP) is 3.20. The highest BCUT2D eigenvalue weighted by Crippen LogP contribution is 2.24. The number of benzene rings is 2. The van der Waals surface area contributed by atoms with Crippen LogP contribution in [0.2, 0.25) is 0 Å². The van der Waals surface area contributed by atoms with E-state index in [1.54, 1.807) is 18.2 Å². The zero-order valence-corrected chi connectivity index (χ0v) is 15.5. The summed E-state index contributed by atoms with van der Waals surface area (Å²) in [4.78, 5) is 2.15. The van der Waals surface area contributed by atoms with Crippen molar-refractivity contribution >= 4 is 0 Å².